The highest BCUT2D eigenvalue weighted by molar-refractivity contribution is 7.92. The van der Waals surface area contributed by atoms with Crippen molar-refractivity contribution >= 4 is 21.7 Å². The molecule has 0 aliphatic rings. The standard InChI is InChI=1S/C13H12N2O5S/c1-20-11-5-4-9(13(16)17)7-12(11)21(18,19)15-10-3-2-6-14-8-10/h2-8,15H,1H3,(H,16,17). The second-order valence-corrected chi connectivity index (χ2v) is 5.67. The van der Waals surface area contributed by atoms with E-state index >= 15 is 0 Å². The Bertz CT molecular complexity index is 759. The van der Waals surface area contributed by atoms with Gasteiger partial charge in [-0.15, -0.1) is 0 Å². The van der Waals surface area contributed by atoms with Crippen LogP contribution >= 0.6 is 0 Å². The number of aromatic nitrogens is 1. The lowest BCUT2D eigenvalue weighted by molar-refractivity contribution is 0.0696. The van der Waals surface area contributed by atoms with E-state index in [0.29, 0.717) is 0 Å². The molecular weight excluding hydrogens is 296 g/mol. The maximum atomic E-state index is 12.3. The molecule has 0 aliphatic heterocycles. The van der Waals surface area contributed by atoms with Gasteiger partial charge in [0.1, 0.15) is 10.6 Å². The molecule has 1 heterocycles. The molecule has 0 saturated carbocycles. The van der Waals surface area contributed by atoms with Crippen molar-refractivity contribution in [1.29, 1.82) is 0 Å². The number of carboxylic acids is 1. The first kappa shape index (κ1) is 14.8. The summed E-state index contributed by atoms with van der Waals surface area (Å²) in [5, 5.41) is 8.96. The van der Waals surface area contributed by atoms with Crippen molar-refractivity contribution in [2.24, 2.45) is 0 Å². The van der Waals surface area contributed by atoms with Gasteiger partial charge in [0.15, 0.2) is 0 Å². The van der Waals surface area contributed by atoms with Crippen molar-refractivity contribution in [2.45, 2.75) is 4.90 Å². The van der Waals surface area contributed by atoms with Crippen molar-refractivity contribution in [3.63, 3.8) is 0 Å². The fraction of sp³-hybridized carbons (Fsp3) is 0.0769. The molecule has 1 aromatic heterocycles. The van der Waals surface area contributed by atoms with Gasteiger partial charge in [0, 0.05) is 6.20 Å². The molecule has 2 rings (SSSR count). The van der Waals surface area contributed by atoms with E-state index in [-0.39, 0.29) is 21.9 Å². The zero-order valence-electron chi connectivity index (χ0n) is 11.0. The molecule has 8 heteroatoms. The second kappa shape index (κ2) is 5.80. The van der Waals surface area contributed by atoms with Crippen molar-refractivity contribution in [3.05, 3.63) is 48.3 Å². The number of carbonyl (C=O) groups is 1. The maximum Gasteiger partial charge on any atom is 0.335 e. The summed E-state index contributed by atoms with van der Waals surface area (Å²) in [4.78, 5) is 14.5. The minimum Gasteiger partial charge on any atom is -0.495 e. The van der Waals surface area contributed by atoms with Gasteiger partial charge < -0.3 is 9.84 Å². The summed E-state index contributed by atoms with van der Waals surface area (Å²) in [6, 6.07) is 6.70. The molecule has 0 atom stereocenters. The van der Waals surface area contributed by atoms with Crippen LogP contribution in [-0.4, -0.2) is 31.6 Å². The van der Waals surface area contributed by atoms with Crippen LogP contribution in [0.25, 0.3) is 0 Å². The molecule has 0 unspecified atom stereocenters. The Balaban J connectivity index is 2.48. The van der Waals surface area contributed by atoms with E-state index in [4.69, 9.17) is 9.84 Å². The number of methoxy groups -OCH3 is 1. The van der Waals surface area contributed by atoms with E-state index in [0.717, 1.165) is 6.07 Å². The summed E-state index contributed by atoms with van der Waals surface area (Å²) in [5.41, 5.74) is 0.114. The van der Waals surface area contributed by atoms with E-state index in [1.165, 1.54) is 37.7 Å². The monoisotopic (exact) mass is 308 g/mol. The highest BCUT2D eigenvalue weighted by Gasteiger charge is 2.21. The Kier molecular flexibility index (Phi) is 4.08. The van der Waals surface area contributed by atoms with Crippen molar-refractivity contribution in [1.82, 2.24) is 4.98 Å². The van der Waals surface area contributed by atoms with Gasteiger partial charge in [0.2, 0.25) is 0 Å². The molecule has 7 nitrogen and oxygen atoms in total. The van der Waals surface area contributed by atoms with Gasteiger partial charge in [-0.1, -0.05) is 0 Å². The molecular formula is C13H12N2O5S. The number of nitrogens with one attached hydrogen (secondary N) is 1. The van der Waals surface area contributed by atoms with Crippen LogP contribution in [-0.2, 0) is 10.0 Å². The topological polar surface area (TPSA) is 106 Å². The molecule has 0 bridgehead atoms. The number of aromatic carboxylic acids is 1. The van der Waals surface area contributed by atoms with Crippen molar-refractivity contribution in [3.8, 4) is 5.75 Å². The summed E-state index contributed by atoms with van der Waals surface area (Å²) in [5.74, 6) is -1.17. The zero-order valence-corrected chi connectivity index (χ0v) is 11.8. The van der Waals surface area contributed by atoms with Crippen LogP contribution in [0.5, 0.6) is 5.75 Å². The van der Waals surface area contributed by atoms with Gasteiger partial charge in [-0.3, -0.25) is 9.71 Å². The van der Waals surface area contributed by atoms with Crippen LogP contribution in [0.4, 0.5) is 5.69 Å². The number of hydrogen-bond acceptors (Lipinski definition) is 5. The van der Waals surface area contributed by atoms with Crippen LogP contribution in [0.2, 0.25) is 0 Å². The summed E-state index contributed by atoms with van der Waals surface area (Å²) in [6.07, 6.45) is 2.84. The van der Waals surface area contributed by atoms with E-state index in [1.54, 1.807) is 6.07 Å². The largest absolute Gasteiger partial charge is 0.495 e. The molecule has 0 aliphatic carbocycles. The van der Waals surface area contributed by atoms with Crippen molar-refractivity contribution < 1.29 is 23.1 Å². The average molecular weight is 308 g/mol. The molecule has 0 saturated heterocycles. The Labute approximate surface area is 121 Å². The lowest BCUT2D eigenvalue weighted by Crippen LogP contribution is -2.15. The Morgan fingerprint density at radius 1 is 1.33 bits per heavy atom. The highest BCUT2D eigenvalue weighted by atomic mass is 32.2. The minimum atomic E-state index is -3.99. The molecule has 1 aromatic carbocycles. The number of rotatable bonds is 5. The highest BCUT2D eigenvalue weighted by Crippen LogP contribution is 2.26. The van der Waals surface area contributed by atoms with Gasteiger partial charge in [-0.05, 0) is 30.3 Å². The molecule has 0 amide bonds. The number of hydrogen-bond donors (Lipinski definition) is 2. The van der Waals surface area contributed by atoms with Gasteiger partial charge in [0.25, 0.3) is 10.0 Å². The lowest BCUT2D eigenvalue weighted by Gasteiger charge is -2.12. The molecule has 2 aromatic rings. The van der Waals surface area contributed by atoms with E-state index in [2.05, 4.69) is 9.71 Å². The molecule has 0 spiro atoms. The number of ether oxygens (including phenoxy) is 1. The minimum absolute atomic E-state index is 0.0522. The molecule has 0 fully saturated rings. The quantitative estimate of drug-likeness (QED) is 0.869. The molecule has 21 heavy (non-hydrogen) atoms. The summed E-state index contributed by atoms with van der Waals surface area (Å²) < 4.78 is 32.0. The van der Waals surface area contributed by atoms with E-state index in [9.17, 15) is 13.2 Å². The first-order chi connectivity index (χ1) is 9.94. The molecule has 0 radical (unpaired) electrons. The first-order valence-corrected chi connectivity index (χ1v) is 7.26. The maximum absolute atomic E-state index is 12.3. The van der Waals surface area contributed by atoms with Crippen LogP contribution in [0.15, 0.2) is 47.6 Å². The predicted octanol–water partition coefficient (Wildman–Crippen LogP) is 1.59. The SMILES string of the molecule is COc1ccc(C(=O)O)cc1S(=O)(=O)Nc1cccnc1. The third-order valence-electron chi connectivity index (χ3n) is 2.61. The van der Waals surface area contributed by atoms with Gasteiger partial charge in [0.05, 0.1) is 24.6 Å². The third-order valence-corrected chi connectivity index (χ3v) is 4.02. The zero-order chi connectivity index (χ0) is 15.5. The normalized spacial score (nSPS) is 10.9. The molecule has 2 N–H and O–H groups in total. The summed E-state index contributed by atoms with van der Waals surface area (Å²) >= 11 is 0. The van der Waals surface area contributed by atoms with Crippen LogP contribution in [0, 0.1) is 0 Å². The van der Waals surface area contributed by atoms with Crippen molar-refractivity contribution in [2.75, 3.05) is 11.8 Å². The number of carboxylic acid groups (broad SMARTS) is 1. The third kappa shape index (κ3) is 3.29. The number of pyridine rings is 1. The Morgan fingerprint density at radius 2 is 2.10 bits per heavy atom. The van der Waals surface area contributed by atoms with Crippen LogP contribution < -0.4 is 9.46 Å². The van der Waals surface area contributed by atoms with Gasteiger partial charge >= 0.3 is 5.97 Å². The van der Waals surface area contributed by atoms with Gasteiger partial charge in [-0.25, -0.2) is 13.2 Å². The smallest absolute Gasteiger partial charge is 0.335 e. The number of sulfonamides is 1. The number of benzene rings is 1. The average Bonchev–Trinajstić information content (AvgIpc) is 2.47. The lowest BCUT2D eigenvalue weighted by atomic mass is 10.2. The number of nitrogens with zero attached hydrogens (tertiary/aromatic N) is 1. The summed E-state index contributed by atoms with van der Waals surface area (Å²) in [6.45, 7) is 0. The van der Waals surface area contributed by atoms with Crippen LogP contribution in [0.3, 0.4) is 0 Å². The summed E-state index contributed by atoms with van der Waals surface area (Å²) in [7, 11) is -2.69. The fourth-order valence-corrected chi connectivity index (χ4v) is 2.89. The second-order valence-electron chi connectivity index (χ2n) is 4.02. The van der Waals surface area contributed by atoms with E-state index < -0.39 is 16.0 Å². The fourth-order valence-electron chi connectivity index (χ4n) is 1.65. The Morgan fingerprint density at radius 3 is 2.67 bits per heavy atom. The predicted molar refractivity (Wildman–Crippen MR) is 75.0 cm³/mol. The van der Waals surface area contributed by atoms with Crippen LogP contribution in [0.1, 0.15) is 10.4 Å². The van der Waals surface area contributed by atoms with Gasteiger partial charge in [-0.2, -0.15) is 0 Å². The first-order valence-electron chi connectivity index (χ1n) is 5.78. The molecule has 110 valence electrons. The Hall–Kier alpha value is -2.61. The number of anilines is 1. The van der Waals surface area contributed by atoms with E-state index in [1.807, 2.05) is 0 Å².